The van der Waals surface area contributed by atoms with E-state index in [9.17, 15) is 19.7 Å². The molecule has 0 fully saturated rings. The van der Waals surface area contributed by atoms with Crippen LogP contribution in [0.4, 0.5) is 22.7 Å². The molecular formula is C18H20N4O5. The van der Waals surface area contributed by atoms with E-state index in [1.807, 2.05) is 31.1 Å². The van der Waals surface area contributed by atoms with Crippen molar-refractivity contribution in [2.45, 2.75) is 0 Å². The summed E-state index contributed by atoms with van der Waals surface area (Å²) in [5.41, 5.74) is 1.55. The quantitative estimate of drug-likeness (QED) is 0.436. The predicted molar refractivity (Wildman–Crippen MR) is 102 cm³/mol. The van der Waals surface area contributed by atoms with Crippen LogP contribution in [0.5, 0.6) is 0 Å². The van der Waals surface area contributed by atoms with Crippen molar-refractivity contribution < 1.29 is 19.2 Å². The third-order valence-corrected chi connectivity index (χ3v) is 3.70. The average molecular weight is 372 g/mol. The Morgan fingerprint density at radius 2 is 1.81 bits per heavy atom. The second-order valence-electron chi connectivity index (χ2n) is 5.80. The Morgan fingerprint density at radius 3 is 2.37 bits per heavy atom. The maximum absolute atomic E-state index is 12.0. The minimum Gasteiger partial charge on any atom is -0.452 e. The fourth-order valence-corrected chi connectivity index (χ4v) is 2.28. The van der Waals surface area contributed by atoms with Crippen LogP contribution in [0.25, 0.3) is 0 Å². The molecular weight excluding hydrogens is 352 g/mol. The van der Waals surface area contributed by atoms with Crippen molar-refractivity contribution in [3.8, 4) is 0 Å². The van der Waals surface area contributed by atoms with E-state index in [0.717, 1.165) is 11.8 Å². The monoisotopic (exact) mass is 372 g/mol. The smallest absolute Gasteiger partial charge is 0.338 e. The van der Waals surface area contributed by atoms with Crippen molar-refractivity contribution >= 4 is 34.6 Å². The highest BCUT2D eigenvalue weighted by atomic mass is 16.6. The Balaban J connectivity index is 1.95. The molecule has 0 saturated carbocycles. The number of anilines is 3. The summed E-state index contributed by atoms with van der Waals surface area (Å²) in [5.74, 6) is -1.33. The Bertz CT molecular complexity index is 849. The molecule has 2 aromatic rings. The molecule has 0 spiro atoms. The van der Waals surface area contributed by atoms with Crippen molar-refractivity contribution in [2.24, 2.45) is 0 Å². The van der Waals surface area contributed by atoms with Gasteiger partial charge in [0.1, 0.15) is 5.69 Å². The summed E-state index contributed by atoms with van der Waals surface area (Å²) < 4.78 is 4.93. The van der Waals surface area contributed by atoms with Gasteiger partial charge in [0.05, 0.1) is 10.5 Å². The number of benzene rings is 2. The molecule has 2 N–H and O–H groups in total. The summed E-state index contributed by atoms with van der Waals surface area (Å²) in [6.07, 6.45) is 0. The molecule has 0 radical (unpaired) electrons. The number of hydrogen-bond acceptors (Lipinski definition) is 7. The maximum Gasteiger partial charge on any atom is 0.338 e. The lowest BCUT2D eigenvalue weighted by Gasteiger charge is -2.13. The predicted octanol–water partition coefficient (Wildman–Crippen LogP) is 2.50. The van der Waals surface area contributed by atoms with Gasteiger partial charge in [0, 0.05) is 38.6 Å². The largest absolute Gasteiger partial charge is 0.452 e. The van der Waals surface area contributed by atoms with E-state index < -0.39 is 23.4 Å². The molecule has 9 nitrogen and oxygen atoms in total. The molecule has 0 atom stereocenters. The second kappa shape index (κ2) is 8.65. The Hall–Kier alpha value is -3.62. The average Bonchev–Trinajstić information content (AvgIpc) is 2.65. The number of amides is 1. The number of hydrogen-bond donors (Lipinski definition) is 2. The lowest BCUT2D eigenvalue weighted by Crippen LogP contribution is -2.21. The lowest BCUT2D eigenvalue weighted by molar-refractivity contribution is -0.384. The van der Waals surface area contributed by atoms with Gasteiger partial charge in [0.25, 0.3) is 11.6 Å². The van der Waals surface area contributed by atoms with Crippen LogP contribution >= 0.6 is 0 Å². The molecule has 9 heteroatoms. The normalized spacial score (nSPS) is 10.0. The van der Waals surface area contributed by atoms with Gasteiger partial charge in [-0.2, -0.15) is 0 Å². The van der Waals surface area contributed by atoms with E-state index in [2.05, 4.69) is 10.6 Å². The highest BCUT2D eigenvalue weighted by Gasteiger charge is 2.18. The van der Waals surface area contributed by atoms with Gasteiger partial charge in [-0.15, -0.1) is 0 Å². The van der Waals surface area contributed by atoms with Crippen molar-refractivity contribution in [3.63, 3.8) is 0 Å². The van der Waals surface area contributed by atoms with Gasteiger partial charge in [-0.1, -0.05) is 0 Å². The summed E-state index contributed by atoms with van der Waals surface area (Å²) in [7, 11) is 5.34. The molecule has 0 aromatic heterocycles. The first kappa shape index (κ1) is 19.7. The van der Waals surface area contributed by atoms with E-state index in [0.29, 0.717) is 5.69 Å². The van der Waals surface area contributed by atoms with Crippen LogP contribution in [-0.4, -0.2) is 44.5 Å². The second-order valence-corrected chi connectivity index (χ2v) is 5.80. The van der Waals surface area contributed by atoms with Gasteiger partial charge < -0.3 is 20.3 Å². The van der Waals surface area contributed by atoms with Crippen LogP contribution in [0, 0.1) is 10.1 Å². The molecule has 1 amide bonds. The van der Waals surface area contributed by atoms with E-state index in [-0.39, 0.29) is 16.9 Å². The molecule has 27 heavy (non-hydrogen) atoms. The zero-order valence-corrected chi connectivity index (χ0v) is 15.2. The summed E-state index contributed by atoms with van der Waals surface area (Å²) in [6, 6.07) is 11.0. The Labute approximate surface area is 156 Å². The first-order valence-electron chi connectivity index (χ1n) is 8.02. The summed E-state index contributed by atoms with van der Waals surface area (Å²) in [4.78, 5) is 36.3. The Kier molecular flexibility index (Phi) is 6.32. The lowest BCUT2D eigenvalue weighted by atomic mass is 10.1. The highest BCUT2D eigenvalue weighted by molar-refractivity contribution is 5.96. The van der Waals surface area contributed by atoms with E-state index >= 15 is 0 Å². The van der Waals surface area contributed by atoms with Gasteiger partial charge in [-0.25, -0.2) is 4.79 Å². The van der Waals surface area contributed by atoms with Crippen molar-refractivity contribution in [3.05, 3.63) is 58.1 Å². The van der Waals surface area contributed by atoms with Crippen LogP contribution in [0.1, 0.15) is 10.4 Å². The van der Waals surface area contributed by atoms with Gasteiger partial charge in [0.15, 0.2) is 6.61 Å². The highest BCUT2D eigenvalue weighted by Crippen LogP contribution is 2.25. The SMILES string of the molecule is CNc1ccc(C(=O)OCC(=O)Nc2ccc(N(C)C)cc2)cc1[N+](=O)[O-]. The molecule has 0 heterocycles. The molecule has 0 aliphatic carbocycles. The van der Waals surface area contributed by atoms with E-state index in [1.165, 1.54) is 19.2 Å². The third kappa shape index (κ3) is 5.18. The van der Waals surface area contributed by atoms with Crippen molar-refractivity contribution in [1.82, 2.24) is 0 Å². The van der Waals surface area contributed by atoms with Gasteiger partial charge in [-0.3, -0.25) is 14.9 Å². The zero-order valence-electron chi connectivity index (χ0n) is 15.2. The topological polar surface area (TPSA) is 114 Å². The Morgan fingerprint density at radius 1 is 1.15 bits per heavy atom. The molecule has 0 unspecified atom stereocenters. The number of nitro groups is 1. The minimum absolute atomic E-state index is 0.0103. The van der Waals surface area contributed by atoms with Gasteiger partial charge in [0.2, 0.25) is 0 Å². The molecule has 0 aliphatic rings. The fourth-order valence-electron chi connectivity index (χ4n) is 2.28. The number of nitro benzene ring substituents is 1. The number of ether oxygens (including phenoxy) is 1. The van der Waals surface area contributed by atoms with Crippen LogP contribution < -0.4 is 15.5 Å². The fraction of sp³-hybridized carbons (Fsp3) is 0.222. The standard InChI is InChI=1S/C18H20N4O5/c1-19-15-9-4-12(10-16(15)22(25)26)18(24)27-11-17(23)20-13-5-7-14(8-6-13)21(2)3/h4-10,19H,11H2,1-3H3,(H,20,23). The summed E-state index contributed by atoms with van der Waals surface area (Å²) in [5, 5.41) is 16.3. The zero-order chi connectivity index (χ0) is 20.0. The maximum atomic E-state index is 12.0. The number of esters is 1. The third-order valence-electron chi connectivity index (χ3n) is 3.70. The van der Waals surface area contributed by atoms with Gasteiger partial charge >= 0.3 is 5.97 Å². The van der Waals surface area contributed by atoms with Crippen LogP contribution in [0.15, 0.2) is 42.5 Å². The van der Waals surface area contributed by atoms with Gasteiger partial charge in [-0.05, 0) is 36.4 Å². The van der Waals surface area contributed by atoms with Crippen molar-refractivity contribution in [1.29, 1.82) is 0 Å². The first-order chi connectivity index (χ1) is 12.8. The summed E-state index contributed by atoms with van der Waals surface area (Å²) >= 11 is 0. The van der Waals surface area contributed by atoms with E-state index in [4.69, 9.17) is 4.74 Å². The van der Waals surface area contributed by atoms with Crippen LogP contribution in [0.2, 0.25) is 0 Å². The number of carbonyl (C=O) groups excluding carboxylic acids is 2. The molecule has 2 aromatic carbocycles. The molecule has 0 saturated heterocycles. The molecule has 0 bridgehead atoms. The molecule has 0 aliphatic heterocycles. The first-order valence-corrected chi connectivity index (χ1v) is 8.02. The van der Waals surface area contributed by atoms with Crippen LogP contribution in [0.3, 0.4) is 0 Å². The molecule has 142 valence electrons. The number of rotatable bonds is 7. The number of carbonyl (C=O) groups is 2. The summed E-state index contributed by atoms with van der Waals surface area (Å²) in [6.45, 7) is -0.504. The molecule has 2 rings (SSSR count). The van der Waals surface area contributed by atoms with E-state index in [1.54, 1.807) is 12.1 Å². The number of nitrogens with one attached hydrogen (secondary N) is 2. The van der Waals surface area contributed by atoms with Crippen molar-refractivity contribution in [2.75, 3.05) is 43.3 Å². The minimum atomic E-state index is -0.821. The van der Waals surface area contributed by atoms with Crippen LogP contribution in [-0.2, 0) is 9.53 Å². The number of nitrogens with zero attached hydrogens (tertiary/aromatic N) is 2.